The van der Waals surface area contributed by atoms with Gasteiger partial charge in [0, 0.05) is 25.7 Å². The van der Waals surface area contributed by atoms with Gasteiger partial charge in [-0.25, -0.2) is 18.4 Å². The van der Waals surface area contributed by atoms with Gasteiger partial charge in [0.25, 0.3) is 0 Å². The summed E-state index contributed by atoms with van der Waals surface area (Å²) in [6.07, 6.45) is 0.553. The average molecular weight is 561 g/mol. The van der Waals surface area contributed by atoms with E-state index in [1.54, 1.807) is 6.92 Å². The number of hydrogen-bond donors (Lipinski definition) is 5. The van der Waals surface area contributed by atoms with E-state index < -0.39 is 83.2 Å². The van der Waals surface area contributed by atoms with Crippen LogP contribution in [-0.4, -0.2) is 92.4 Å². The van der Waals surface area contributed by atoms with Crippen LogP contribution in [0.15, 0.2) is 24.4 Å². The molecule has 1 aromatic heterocycles. The summed E-state index contributed by atoms with van der Waals surface area (Å²) in [7, 11) is -1.88. The fourth-order valence-corrected chi connectivity index (χ4v) is 4.31. The van der Waals surface area contributed by atoms with Crippen LogP contribution in [0.4, 0.5) is 13.6 Å². The maximum absolute atomic E-state index is 14.7. The van der Waals surface area contributed by atoms with Gasteiger partial charge in [-0.2, -0.15) is 0 Å². The second kappa shape index (κ2) is 11.1. The zero-order chi connectivity index (χ0) is 29.3. The number of pyridine rings is 1. The lowest BCUT2D eigenvalue weighted by Gasteiger charge is -2.33. The van der Waals surface area contributed by atoms with Crippen molar-refractivity contribution in [2.75, 3.05) is 19.6 Å². The van der Waals surface area contributed by atoms with Gasteiger partial charge in [0.1, 0.15) is 28.6 Å². The van der Waals surface area contributed by atoms with Crippen LogP contribution >= 0.6 is 0 Å². The Morgan fingerprint density at radius 2 is 1.93 bits per heavy atom. The number of aromatic carboxylic acids is 1. The third-order valence-electron chi connectivity index (χ3n) is 6.35. The van der Waals surface area contributed by atoms with Crippen molar-refractivity contribution >= 4 is 36.8 Å². The molecule has 2 aliphatic heterocycles. The number of carbonyl (C=O) groups excluding carboxylic acids is 4. The summed E-state index contributed by atoms with van der Waals surface area (Å²) in [6, 6.07) is -0.452. The highest BCUT2D eigenvalue weighted by molar-refractivity contribution is 6.47. The molecule has 5 amide bonds. The zero-order valence-corrected chi connectivity index (χ0v) is 20.8. The number of fused-ring (bicyclic) bond motifs is 1. The highest BCUT2D eigenvalue weighted by Crippen LogP contribution is 2.32. The number of carboxylic acid groups (broad SMARTS) is 1. The maximum atomic E-state index is 14.7. The second-order valence-corrected chi connectivity index (χ2v) is 8.83. The normalized spacial score (nSPS) is 17.6. The van der Waals surface area contributed by atoms with Gasteiger partial charge in [0.2, 0.25) is 5.91 Å². The molecule has 1 fully saturated rings. The lowest BCUT2D eigenvalue weighted by atomic mass is 9.72. The van der Waals surface area contributed by atoms with Crippen LogP contribution in [-0.2, 0) is 20.8 Å². The molecule has 4 rings (SSSR count). The molecule has 0 aliphatic carbocycles. The summed E-state index contributed by atoms with van der Waals surface area (Å²) in [5.74, 6) is -9.52. The lowest BCUT2D eigenvalue weighted by molar-refractivity contribution is -0.153. The van der Waals surface area contributed by atoms with Crippen LogP contribution < -0.4 is 15.3 Å². The van der Waals surface area contributed by atoms with E-state index in [1.165, 1.54) is 11.0 Å². The molecule has 1 unspecified atom stereocenters. The molecule has 3 heterocycles. The van der Waals surface area contributed by atoms with Crippen molar-refractivity contribution in [3.63, 3.8) is 0 Å². The molecule has 2 aromatic rings. The Morgan fingerprint density at radius 3 is 2.58 bits per heavy atom. The number of nitrogens with zero attached hydrogens (tertiary/aromatic N) is 3. The summed E-state index contributed by atoms with van der Waals surface area (Å²) >= 11 is 0. The highest BCUT2D eigenvalue weighted by Gasteiger charge is 2.42. The topological polar surface area (TPSA) is 199 Å². The van der Waals surface area contributed by atoms with Crippen LogP contribution in [0.25, 0.3) is 0 Å². The number of piperazine rings is 1. The number of hydrogen-bond acceptors (Lipinski definition) is 9. The van der Waals surface area contributed by atoms with E-state index in [4.69, 9.17) is 4.65 Å². The van der Waals surface area contributed by atoms with Gasteiger partial charge >= 0.3 is 30.9 Å². The van der Waals surface area contributed by atoms with Crippen LogP contribution in [0.2, 0.25) is 0 Å². The second-order valence-electron chi connectivity index (χ2n) is 8.83. The predicted molar refractivity (Wildman–Crippen MR) is 129 cm³/mol. The van der Waals surface area contributed by atoms with E-state index in [0.717, 1.165) is 12.3 Å². The first-order chi connectivity index (χ1) is 18.9. The fraction of sp³-hybridized carbons (Fsp3) is 0.304. The van der Waals surface area contributed by atoms with Crippen LogP contribution in [0.3, 0.4) is 0 Å². The monoisotopic (exact) mass is 561 g/mol. The van der Waals surface area contributed by atoms with E-state index in [-0.39, 0.29) is 31.6 Å². The van der Waals surface area contributed by atoms with Crippen LogP contribution in [0.5, 0.6) is 11.5 Å². The van der Waals surface area contributed by atoms with Gasteiger partial charge < -0.3 is 35.4 Å². The number of carbonyl (C=O) groups is 5. The van der Waals surface area contributed by atoms with Gasteiger partial charge in [-0.05, 0) is 25.0 Å². The number of aromatic nitrogens is 1. The number of carboxylic acids is 1. The van der Waals surface area contributed by atoms with Crippen molar-refractivity contribution in [3.8, 4) is 11.5 Å². The summed E-state index contributed by atoms with van der Waals surface area (Å²) < 4.78 is 33.9. The first-order valence-electron chi connectivity index (χ1n) is 11.9. The average Bonchev–Trinajstić information content (AvgIpc) is 2.89. The van der Waals surface area contributed by atoms with Gasteiger partial charge in [-0.3, -0.25) is 24.3 Å². The van der Waals surface area contributed by atoms with Crippen LogP contribution in [0, 0.1) is 11.6 Å². The molecule has 17 heteroatoms. The standard InChI is InChI=1S/C23H22BF2N5O9/c1-2-30-5-6-31(21(35)20(30)34)23(38)29-17(16-13(26)8-11(32)9-27-16)19(33)28-14-7-10-3-4-12(25)15(22(36)37)18(10)40-24(14)39/h3-4,8-9,14,17,32,39H,2,5-7H2,1H3,(H,28,33)(H,29,38)(H,36,37)/t14-,17?/m0/s1. The molecule has 210 valence electrons. The third-order valence-corrected chi connectivity index (χ3v) is 6.35. The minimum absolute atomic E-state index is 0.0289. The minimum atomic E-state index is -1.93. The third kappa shape index (κ3) is 5.35. The zero-order valence-electron chi connectivity index (χ0n) is 20.8. The first kappa shape index (κ1) is 28.2. The Balaban J connectivity index is 1.59. The first-order valence-corrected chi connectivity index (χ1v) is 11.9. The summed E-state index contributed by atoms with van der Waals surface area (Å²) in [5.41, 5.74) is -1.36. The van der Waals surface area contributed by atoms with Gasteiger partial charge in [-0.15, -0.1) is 0 Å². The molecular formula is C23H22BF2N5O9. The number of rotatable bonds is 6. The van der Waals surface area contributed by atoms with E-state index in [0.29, 0.717) is 11.0 Å². The molecule has 1 saturated heterocycles. The van der Waals surface area contributed by atoms with E-state index in [1.807, 2.05) is 0 Å². The molecule has 14 nitrogen and oxygen atoms in total. The molecule has 0 bridgehead atoms. The molecule has 0 saturated carbocycles. The number of likely N-dealkylation sites (N-methyl/N-ethyl adjacent to an activating group) is 1. The number of benzene rings is 1. The SMILES string of the molecule is CCN1CCN(C(=O)NC(C(=O)N[C@H]2Cc3ccc(F)c(C(=O)O)c3OB2O)c2ncc(O)cc2F)C(=O)C1=O. The Bertz CT molecular complexity index is 1410. The van der Waals surface area contributed by atoms with E-state index >= 15 is 0 Å². The Hall–Kier alpha value is -4.80. The Morgan fingerprint density at radius 1 is 1.20 bits per heavy atom. The number of urea groups is 1. The molecule has 1 aromatic carbocycles. The number of imide groups is 1. The molecule has 0 spiro atoms. The van der Waals surface area contributed by atoms with Crippen molar-refractivity contribution in [1.29, 1.82) is 0 Å². The quantitative estimate of drug-likeness (QED) is 0.223. The maximum Gasteiger partial charge on any atom is 0.547 e. The molecule has 0 radical (unpaired) electrons. The number of halogens is 2. The minimum Gasteiger partial charge on any atom is -0.534 e. The highest BCUT2D eigenvalue weighted by atomic mass is 19.1. The number of amides is 5. The summed E-state index contributed by atoms with van der Waals surface area (Å²) in [5, 5.41) is 33.8. The smallest absolute Gasteiger partial charge is 0.534 e. The largest absolute Gasteiger partial charge is 0.547 e. The lowest BCUT2D eigenvalue weighted by Crippen LogP contribution is -2.60. The molecule has 5 N–H and O–H groups in total. The van der Waals surface area contributed by atoms with Crippen molar-refractivity contribution in [1.82, 2.24) is 25.4 Å². The summed E-state index contributed by atoms with van der Waals surface area (Å²) in [4.78, 5) is 67.8. The fourth-order valence-electron chi connectivity index (χ4n) is 4.31. The summed E-state index contributed by atoms with van der Waals surface area (Å²) in [6.45, 7) is 1.68. The van der Waals surface area contributed by atoms with Crippen molar-refractivity contribution < 1.29 is 52.6 Å². The molecule has 40 heavy (non-hydrogen) atoms. The van der Waals surface area contributed by atoms with E-state index in [9.17, 15) is 48.0 Å². The van der Waals surface area contributed by atoms with Gasteiger partial charge in [-0.1, -0.05) is 6.07 Å². The molecule has 2 atom stereocenters. The number of aromatic hydroxyl groups is 1. The molecule has 2 aliphatic rings. The van der Waals surface area contributed by atoms with Gasteiger partial charge in [0.15, 0.2) is 11.9 Å². The van der Waals surface area contributed by atoms with Crippen molar-refractivity contribution in [2.45, 2.75) is 25.3 Å². The van der Waals surface area contributed by atoms with Crippen LogP contribution in [0.1, 0.15) is 34.6 Å². The number of nitrogens with one attached hydrogen (secondary N) is 2. The van der Waals surface area contributed by atoms with Gasteiger partial charge in [0.05, 0.1) is 12.1 Å². The van der Waals surface area contributed by atoms with Crippen molar-refractivity contribution in [3.05, 3.63) is 52.9 Å². The molecular weight excluding hydrogens is 539 g/mol. The Kier molecular flexibility index (Phi) is 7.85. The predicted octanol–water partition coefficient (Wildman–Crippen LogP) is -0.655. The van der Waals surface area contributed by atoms with Crippen molar-refractivity contribution in [2.24, 2.45) is 0 Å². The van der Waals surface area contributed by atoms with E-state index in [2.05, 4.69) is 15.6 Å². The Labute approximate surface area is 224 Å².